The van der Waals surface area contributed by atoms with Crippen molar-refractivity contribution in [2.75, 3.05) is 6.61 Å². The summed E-state index contributed by atoms with van der Waals surface area (Å²) in [6.45, 7) is 9.12. The second-order valence-electron chi connectivity index (χ2n) is 5.19. The summed E-state index contributed by atoms with van der Waals surface area (Å²) >= 11 is 0. The lowest BCUT2D eigenvalue weighted by Gasteiger charge is -2.21. The average Bonchev–Trinajstić information content (AvgIpc) is 2.30. The van der Waals surface area contributed by atoms with Crippen LogP contribution < -0.4 is 10.1 Å². The van der Waals surface area contributed by atoms with Crippen molar-refractivity contribution in [1.82, 2.24) is 5.32 Å². The van der Waals surface area contributed by atoms with E-state index in [2.05, 4.69) is 25.2 Å². The molecule has 0 bridgehead atoms. The highest BCUT2D eigenvalue weighted by Gasteiger charge is 2.12. The number of para-hydroxylation sites is 1. The fourth-order valence-corrected chi connectivity index (χ4v) is 1.77. The van der Waals surface area contributed by atoms with Crippen LogP contribution in [0.2, 0.25) is 0 Å². The maximum absolute atomic E-state index is 9.30. The first-order valence-electron chi connectivity index (χ1n) is 6.63. The molecule has 1 aromatic rings. The summed E-state index contributed by atoms with van der Waals surface area (Å²) in [6, 6.07) is 8.15. The van der Waals surface area contributed by atoms with Crippen LogP contribution in [0.4, 0.5) is 0 Å². The third-order valence-electron chi connectivity index (χ3n) is 2.89. The zero-order valence-corrected chi connectivity index (χ0v) is 11.8. The number of aliphatic hydroxyl groups excluding tert-OH is 1. The molecule has 2 N–H and O–H groups in total. The van der Waals surface area contributed by atoms with Gasteiger partial charge in [0.05, 0.1) is 12.7 Å². The summed E-state index contributed by atoms with van der Waals surface area (Å²) in [7, 11) is 0. The van der Waals surface area contributed by atoms with Gasteiger partial charge in [0.25, 0.3) is 0 Å². The topological polar surface area (TPSA) is 41.5 Å². The normalized spacial score (nSPS) is 13.1. The molecule has 0 radical (unpaired) electrons. The molecule has 1 unspecified atom stereocenters. The Morgan fingerprint density at radius 3 is 2.39 bits per heavy atom. The number of nitrogens with one attached hydrogen (secondary N) is 1. The molecule has 0 spiro atoms. The molecular formula is C15H25NO2. The smallest absolute Gasteiger partial charge is 0.124 e. The van der Waals surface area contributed by atoms with Crippen LogP contribution in [0.1, 0.15) is 33.3 Å². The number of hydrogen-bond donors (Lipinski definition) is 2. The standard InChI is InChI=1S/C15H25NO2/c1-11(2)14(10-17)16-9-13-7-5-6-8-15(13)18-12(3)4/h5-8,11-12,14,16-17H,9-10H2,1-4H3. The van der Waals surface area contributed by atoms with Gasteiger partial charge in [0.15, 0.2) is 0 Å². The van der Waals surface area contributed by atoms with Crippen LogP contribution in [0.3, 0.4) is 0 Å². The molecule has 3 nitrogen and oxygen atoms in total. The van der Waals surface area contributed by atoms with E-state index >= 15 is 0 Å². The number of rotatable bonds is 7. The largest absolute Gasteiger partial charge is 0.491 e. The highest BCUT2D eigenvalue weighted by Crippen LogP contribution is 2.19. The Bertz CT molecular complexity index is 350. The average molecular weight is 251 g/mol. The molecule has 0 saturated heterocycles. The van der Waals surface area contributed by atoms with Crippen molar-refractivity contribution in [3.05, 3.63) is 29.8 Å². The molecule has 0 amide bonds. The molecule has 3 heteroatoms. The summed E-state index contributed by atoms with van der Waals surface area (Å²) in [5, 5.41) is 12.7. The SMILES string of the molecule is CC(C)Oc1ccccc1CNC(CO)C(C)C. The van der Waals surface area contributed by atoms with Crippen molar-refractivity contribution in [2.24, 2.45) is 5.92 Å². The van der Waals surface area contributed by atoms with Gasteiger partial charge >= 0.3 is 0 Å². The molecule has 0 aromatic heterocycles. The minimum Gasteiger partial charge on any atom is -0.491 e. The predicted molar refractivity (Wildman–Crippen MR) is 74.8 cm³/mol. The molecule has 0 aliphatic heterocycles. The fraction of sp³-hybridized carbons (Fsp3) is 0.600. The van der Waals surface area contributed by atoms with Gasteiger partial charge in [0.1, 0.15) is 5.75 Å². The van der Waals surface area contributed by atoms with E-state index in [1.807, 2.05) is 32.0 Å². The van der Waals surface area contributed by atoms with E-state index in [1.54, 1.807) is 0 Å². The van der Waals surface area contributed by atoms with Gasteiger partial charge in [-0.1, -0.05) is 32.0 Å². The molecule has 1 atom stereocenters. The van der Waals surface area contributed by atoms with Crippen LogP contribution in [0.25, 0.3) is 0 Å². The Hall–Kier alpha value is -1.06. The van der Waals surface area contributed by atoms with Crippen LogP contribution in [-0.2, 0) is 6.54 Å². The number of benzene rings is 1. The second kappa shape index (κ2) is 7.39. The Morgan fingerprint density at radius 2 is 1.83 bits per heavy atom. The first-order valence-corrected chi connectivity index (χ1v) is 6.63. The lowest BCUT2D eigenvalue weighted by molar-refractivity contribution is 0.207. The summed E-state index contributed by atoms with van der Waals surface area (Å²) in [6.07, 6.45) is 0.171. The molecule has 0 fully saturated rings. The first-order chi connectivity index (χ1) is 8.54. The van der Waals surface area contributed by atoms with Gasteiger partial charge in [0, 0.05) is 18.2 Å². The van der Waals surface area contributed by atoms with Crippen molar-refractivity contribution in [2.45, 2.75) is 46.4 Å². The predicted octanol–water partition coefficient (Wildman–Crippen LogP) is 2.58. The lowest BCUT2D eigenvalue weighted by Crippen LogP contribution is -2.36. The van der Waals surface area contributed by atoms with E-state index in [-0.39, 0.29) is 18.8 Å². The van der Waals surface area contributed by atoms with E-state index in [1.165, 1.54) is 0 Å². The molecule has 0 aliphatic carbocycles. The zero-order chi connectivity index (χ0) is 13.5. The summed E-state index contributed by atoms with van der Waals surface area (Å²) < 4.78 is 5.77. The van der Waals surface area contributed by atoms with Gasteiger partial charge in [-0.25, -0.2) is 0 Å². The van der Waals surface area contributed by atoms with Crippen LogP contribution in [0, 0.1) is 5.92 Å². The van der Waals surface area contributed by atoms with Gasteiger partial charge in [-0.3, -0.25) is 0 Å². The number of aliphatic hydroxyl groups is 1. The van der Waals surface area contributed by atoms with Crippen molar-refractivity contribution < 1.29 is 9.84 Å². The van der Waals surface area contributed by atoms with Gasteiger partial charge < -0.3 is 15.2 Å². The van der Waals surface area contributed by atoms with Crippen LogP contribution >= 0.6 is 0 Å². The Labute approximate surface area is 110 Å². The molecule has 0 aliphatic rings. The fourth-order valence-electron chi connectivity index (χ4n) is 1.77. The zero-order valence-electron chi connectivity index (χ0n) is 11.8. The molecule has 18 heavy (non-hydrogen) atoms. The van der Waals surface area contributed by atoms with Crippen molar-refractivity contribution in [3.8, 4) is 5.75 Å². The van der Waals surface area contributed by atoms with Crippen LogP contribution in [0.15, 0.2) is 24.3 Å². The third-order valence-corrected chi connectivity index (χ3v) is 2.89. The lowest BCUT2D eigenvalue weighted by atomic mass is 10.0. The number of ether oxygens (including phenoxy) is 1. The van der Waals surface area contributed by atoms with Gasteiger partial charge in [0.2, 0.25) is 0 Å². The summed E-state index contributed by atoms with van der Waals surface area (Å²) in [5.74, 6) is 1.33. The quantitative estimate of drug-likeness (QED) is 0.782. The van der Waals surface area contributed by atoms with Gasteiger partial charge in [-0.2, -0.15) is 0 Å². The molecule has 1 rings (SSSR count). The van der Waals surface area contributed by atoms with E-state index < -0.39 is 0 Å². The van der Waals surface area contributed by atoms with Gasteiger partial charge in [-0.15, -0.1) is 0 Å². The first kappa shape index (κ1) is 15.0. The summed E-state index contributed by atoms with van der Waals surface area (Å²) in [4.78, 5) is 0. The monoisotopic (exact) mass is 251 g/mol. The molecule has 0 heterocycles. The van der Waals surface area contributed by atoms with Crippen molar-refractivity contribution in [1.29, 1.82) is 0 Å². The minimum atomic E-state index is 0.122. The number of hydrogen-bond acceptors (Lipinski definition) is 3. The highest BCUT2D eigenvalue weighted by molar-refractivity contribution is 5.33. The van der Waals surface area contributed by atoms with Gasteiger partial charge in [-0.05, 0) is 25.8 Å². The Balaban J connectivity index is 2.66. The molecule has 1 aromatic carbocycles. The van der Waals surface area contributed by atoms with Crippen molar-refractivity contribution >= 4 is 0 Å². The van der Waals surface area contributed by atoms with Crippen LogP contribution in [0.5, 0.6) is 5.75 Å². The van der Waals surface area contributed by atoms with E-state index in [0.29, 0.717) is 12.5 Å². The molecular weight excluding hydrogens is 226 g/mol. The maximum atomic E-state index is 9.30. The molecule has 0 saturated carbocycles. The van der Waals surface area contributed by atoms with E-state index in [9.17, 15) is 5.11 Å². The minimum absolute atomic E-state index is 0.122. The highest BCUT2D eigenvalue weighted by atomic mass is 16.5. The maximum Gasteiger partial charge on any atom is 0.124 e. The van der Waals surface area contributed by atoms with E-state index in [4.69, 9.17) is 4.74 Å². The molecule has 102 valence electrons. The van der Waals surface area contributed by atoms with Crippen LogP contribution in [-0.4, -0.2) is 23.9 Å². The van der Waals surface area contributed by atoms with Crippen molar-refractivity contribution in [3.63, 3.8) is 0 Å². The summed E-state index contributed by atoms with van der Waals surface area (Å²) in [5.41, 5.74) is 1.13. The van der Waals surface area contributed by atoms with E-state index in [0.717, 1.165) is 11.3 Å². The third kappa shape index (κ3) is 4.67. The Kier molecular flexibility index (Phi) is 6.16. The Morgan fingerprint density at radius 1 is 1.17 bits per heavy atom. The second-order valence-corrected chi connectivity index (χ2v) is 5.19.